The molecule has 0 amide bonds. The first-order valence-electron chi connectivity index (χ1n) is 7.61. The van der Waals surface area contributed by atoms with E-state index in [1.165, 1.54) is 0 Å². The van der Waals surface area contributed by atoms with Crippen molar-refractivity contribution in [2.75, 3.05) is 0 Å². The average Bonchev–Trinajstić information content (AvgIpc) is 2.66. The van der Waals surface area contributed by atoms with Crippen molar-refractivity contribution in [3.05, 3.63) is 30.3 Å². The second kappa shape index (κ2) is 7.83. The first kappa shape index (κ1) is 30.2. The van der Waals surface area contributed by atoms with Crippen molar-refractivity contribution in [3.8, 4) is 0 Å². The quantitative estimate of drug-likeness (QED) is 0.279. The Hall–Kier alpha value is -1.85. The van der Waals surface area contributed by atoms with Crippen LogP contribution in [0.3, 0.4) is 0 Å². The van der Waals surface area contributed by atoms with Gasteiger partial charge in [-0.15, -0.1) is 0 Å². The van der Waals surface area contributed by atoms with Gasteiger partial charge in [0.15, 0.2) is 0 Å². The maximum absolute atomic E-state index is 13.9. The molecule has 0 saturated heterocycles. The van der Waals surface area contributed by atoms with Crippen LogP contribution in [-0.2, 0) is 7.67 Å². The molecule has 1 aromatic carbocycles. The van der Waals surface area contributed by atoms with Gasteiger partial charge in [0.25, 0.3) is 0 Å². The number of hydrogen-bond donors (Lipinski definition) is 0. The molecule has 20 heteroatoms. The summed E-state index contributed by atoms with van der Waals surface area (Å²) in [5.74, 6) is -51.5. The molecule has 0 unspecified atom stereocenters. The molecule has 198 valence electrons. The van der Waals surface area contributed by atoms with Crippen LogP contribution in [-0.4, -0.2) is 59.2 Å². The van der Waals surface area contributed by atoms with Gasteiger partial charge in [0.1, 0.15) is 0 Å². The summed E-state index contributed by atoms with van der Waals surface area (Å²) in [5, 5.41) is 0. The summed E-state index contributed by atoms with van der Waals surface area (Å²) in [6, 6.07) is 1.89. The molecule has 0 aliphatic rings. The van der Waals surface area contributed by atoms with E-state index in [4.69, 9.17) is 0 Å². The Labute approximate surface area is 177 Å². The van der Waals surface area contributed by atoms with Gasteiger partial charge in [0.05, 0.1) is 0 Å². The third kappa shape index (κ3) is 3.62. The van der Waals surface area contributed by atoms with Crippen molar-refractivity contribution in [1.29, 1.82) is 0 Å². The van der Waals surface area contributed by atoms with Gasteiger partial charge in [-0.05, 0) is 0 Å². The topological polar surface area (TPSA) is 34.1 Å². The zero-order valence-electron chi connectivity index (χ0n) is 15.0. The molecule has 0 atom stereocenters. The van der Waals surface area contributed by atoms with Crippen LogP contribution in [0.1, 0.15) is 0 Å². The van der Waals surface area contributed by atoms with E-state index < -0.39 is 63.7 Å². The molecule has 0 aliphatic carbocycles. The van der Waals surface area contributed by atoms with Gasteiger partial charge in [0, 0.05) is 0 Å². The van der Waals surface area contributed by atoms with Crippen molar-refractivity contribution in [2.45, 2.75) is 46.5 Å². The molecule has 0 fully saturated rings. The van der Waals surface area contributed by atoms with E-state index in [2.05, 4.69) is 0 Å². The van der Waals surface area contributed by atoms with Crippen LogP contribution in [0.15, 0.2) is 30.3 Å². The molecule has 0 spiro atoms. The fourth-order valence-electron chi connectivity index (χ4n) is 2.07. The van der Waals surface area contributed by atoms with Gasteiger partial charge in [-0.3, -0.25) is 0 Å². The first-order chi connectivity index (χ1) is 14.6. The summed E-state index contributed by atoms with van der Waals surface area (Å²) >= 11 is -8.19. The number of benzene rings is 1. The van der Waals surface area contributed by atoms with Crippen LogP contribution in [0.25, 0.3) is 0 Å². The molecule has 0 heterocycles. The third-order valence-electron chi connectivity index (χ3n) is 4.08. The van der Waals surface area contributed by atoms with E-state index in [9.17, 15) is 82.3 Å². The molecular weight excluding hydrogens is 602 g/mol. The van der Waals surface area contributed by atoms with Crippen LogP contribution in [0.4, 0.5) is 74.6 Å². The van der Waals surface area contributed by atoms with Gasteiger partial charge in [-0.25, -0.2) is 0 Å². The average molecular weight is 607 g/mol. The summed E-state index contributed by atoms with van der Waals surface area (Å²) < 4.78 is 245. The van der Waals surface area contributed by atoms with Crippen molar-refractivity contribution < 1.29 is 82.3 Å². The van der Waals surface area contributed by atoms with E-state index in [0.29, 0.717) is 12.1 Å². The summed E-state index contributed by atoms with van der Waals surface area (Å²) in [5.41, 5.74) is 0. The zero-order chi connectivity index (χ0) is 27.6. The summed E-state index contributed by atoms with van der Waals surface area (Å²) in [6.07, 6.45) is -7.86. The molecule has 0 aliphatic heterocycles. The Morgan fingerprint density at radius 1 is 0.441 bits per heavy atom. The predicted octanol–water partition coefficient (Wildman–Crippen LogP) is 5.75. The Balaban J connectivity index is 3.79. The molecule has 1 aromatic rings. The maximum atomic E-state index is 13.9. The number of halogens is 17. The normalized spacial score (nSPS) is 16.0. The molecular formula is C14H5F17O2Se. The summed E-state index contributed by atoms with van der Waals surface area (Å²) in [7, 11) is 0. The van der Waals surface area contributed by atoms with Crippen LogP contribution in [0, 0.1) is 0 Å². The number of hydrogen-bond acceptors (Lipinski definition) is 2. The van der Waals surface area contributed by atoms with E-state index in [1.54, 1.807) is 0 Å². The second-order valence-electron chi connectivity index (χ2n) is 6.28. The Bertz CT molecular complexity index is 995. The Morgan fingerprint density at radius 2 is 0.735 bits per heavy atom. The van der Waals surface area contributed by atoms with Gasteiger partial charge < -0.3 is 0 Å². The standard InChI is InChI=1S/C14H5F17O2Se/c15-7(16,9(19,20)11(23,24)13(27,28)29)8(17,18)10(21,22)12(25,26)14(30,31)34(32,33)6-4-2-1-3-5-6/h1-5H. The van der Waals surface area contributed by atoms with Gasteiger partial charge in [0.2, 0.25) is 0 Å². The molecule has 0 N–H and O–H groups in total. The minimum atomic E-state index is -8.82. The van der Waals surface area contributed by atoms with E-state index in [-0.39, 0.29) is 12.1 Å². The van der Waals surface area contributed by atoms with Crippen molar-refractivity contribution in [1.82, 2.24) is 0 Å². The van der Waals surface area contributed by atoms with Crippen molar-refractivity contribution in [2.24, 2.45) is 0 Å². The third-order valence-corrected chi connectivity index (χ3v) is 7.91. The molecule has 0 aromatic heterocycles. The van der Waals surface area contributed by atoms with Gasteiger partial charge in [-0.2, -0.15) is 0 Å². The summed E-state index contributed by atoms with van der Waals surface area (Å²) in [6.45, 7) is 0. The number of alkyl halides is 17. The predicted molar refractivity (Wildman–Crippen MR) is 73.9 cm³/mol. The zero-order valence-corrected chi connectivity index (χ0v) is 16.7. The number of rotatable bonds is 8. The van der Waals surface area contributed by atoms with Crippen molar-refractivity contribution in [3.63, 3.8) is 0 Å². The van der Waals surface area contributed by atoms with Crippen LogP contribution >= 0.6 is 0 Å². The van der Waals surface area contributed by atoms with Crippen LogP contribution in [0.5, 0.6) is 0 Å². The van der Waals surface area contributed by atoms with Crippen LogP contribution in [0.2, 0.25) is 0 Å². The molecule has 0 bridgehead atoms. The van der Waals surface area contributed by atoms with Gasteiger partial charge in [-0.1, -0.05) is 0 Å². The van der Waals surface area contributed by atoms with E-state index >= 15 is 0 Å². The first-order valence-corrected chi connectivity index (χ1v) is 10.7. The molecule has 1 rings (SSSR count). The van der Waals surface area contributed by atoms with E-state index in [0.717, 1.165) is 6.07 Å². The fraction of sp³-hybridized carbons (Fsp3) is 0.571. The minimum absolute atomic E-state index is 0.0207. The Morgan fingerprint density at radius 3 is 1.06 bits per heavy atom. The molecule has 34 heavy (non-hydrogen) atoms. The second-order valence-corrected chi connectivity index (χ2v) is 10.5. The monoisotopic (exact) mass is 608 g/mol. The van der Waals surface area contributed by atoms with E-state index in [1.807, 2.05) is 0 Å². The fourth-order valence-corrected chi connectivity index (χ4v) is 4.75. The van der Waals surface area contributed by atoms with Crippen molar-refractivity contribution >= 4 is 17.2 Å². The van der Waals surface area contributed by atoms with Gasteiger partial charge >= 0.3 is 176 Å². The summed E-state index contributed by atoms with van der Waals surface area (Å²) in [4.78, 5) is -7.46. The SMILES string of the molecule is O=[Se](=O)(c1ccccc1)C(F)(F)C(F)(F)C(F)(F)C(F)(F)C(F)(F)C(F)(F)C(F)(F)C(F)(F)F. The molecule has 2 nitrogen and oxygen atoms in total. The molecule has 0 radical (unpaired) electrons. The Kier molecular flexibility index (Phi) is 6.95. The van der Waals surface area contributed by atoms with Crippen LogP contribution < -0.4 is 4.46 Å². The molecule has 0 saturated carbocycles.